The van der Waals surface area contributed by atoms with Crippen molar-refractivity contribution in [3.63, 3.8) is 0 Å². The van der Waals surface area contributed by atoms with Gasteiger partial charge in [-0.15, -0.1) is 0 Å². The van der Waals surface area contributed by atoms with Crippen LogP contribution in [0, 0.1) is 18.7 Å². The first-order chi connectivity index (χ1) is 14.7. The van der Waals surface area contributed by atoms with E-state index in [-0.39, 0.29) is 24.0 Å². The summed E-state index contributed by atoms with van der Waals surface area (Å²) in [5, 5.41) is 2.82. The fourth-order valence-electron chi connectivity index (χ4n) is 3.46. The Hall–Kier alpha value is -2.78. The summed E-state index contributed by atoms with van der Waals surface area (Å²) in [6.45, 7) is 4.08. The molecule has 7 nitrogen and oxygen atoms in total. The van der Waals surface area contributed by atoms with E-state index in [2.05, 4.69) is 5.32 Å². The predicted molar refractivity (Wildman–Crippen MR) is 114 cm³/mol. The first kappa shape index (κ1) is 22.9. The number of hydrogen-bond acceptors (Lipinski definition) is 5. The zero-order chi connectivity index (χ0) is 22.6. The lowest BCUT2D eigenvalue weighted by molar-refractivity contribution is -0.120. The standard InChI is InChI=1S/C22H25FN2O5S/c1-3-30-22(27)16-7-6-15(2)20(13-16)24-21(26)17-5-4-12-25(14-17)31(28,29)19-10-8-18(23)9-11-19/h6-11,13,17H,3-5,12,14H2,1-2H3,(H,24,26). The molecule has 0 bridgehead atoms. The molecule has 2 aromatic rings. The Morgan fingerprint density at radius 3 is 2.58 bits per heavy atom. The Kier molecular flexibility index (Phi) is 7.07. The number of halogens is 1. The SMILES string of the molecule is CCOC(=O)c1ccc(C)c(NC(=O)C2CCCN(S(=O)(=O)c3ccc(F)cc3)C2)c1. The van der Waals surface area contributed by atoms with E-state index < -0.39 is 27.7 Å². The molecule has 1 N–H and O–H groups in total. The quantitative estimate of drug-likeness (QED) is 0.684. The third-order valence-corrected chi connectivity index (χ3v) is 7.09. The molecule has 1 saturated heterocycles. The van der Waals surface area contributed by atoms with Gasteiger partial charge in [-0.1, -0.05) is 6.07 Å². The molecular formula is C22H25FN2O5S. The number of rotatable bonds is 6. The third kappa shape index (κ3) is 5.29. The molecule has 0 spiro atoms. The highest BCUT2D eigenvalue weighted by atomic mass is 32.2. The van der Waals surface area contributed by atoms with Crippen molar-refractivity contribution in [1.29, 1.82) is 0 Å². The second-order valence-corrected chi connectivity index (χ2v) is 9.33. The minimum atomic E-state index is -3.83. The molecule has 0 aromatic heterocycles. The van der Waals surface area contributed by atoms with Gasteiger partial charge in [0.05, 0.1) is 23.0 Å². The van der Waals surface area contributed by atoms with E-state index in [1.807, 2.05) is 0 Å². The summed E-state index contributed by atoms with van der Waals surface area (Å²) in [5.41, 5.74) is 1.58. The Morgan fingerprint density at radius 1 is 1.19 bits per heavy atom. The van der Waals surface area contributed by atoms with Crippen LogP contribution in [0.4, 0.5) is 10.1 Å². The Balaban J connectivity index is 1.73. The minimum Gasteiger partial charge on any atom is -0.462 e. The number of nitrogens with zero attached hydrogens (tertiary/aromatic N) is 1. The molecular weight excluding hydrogens is 423 g/mol. The van der Waals surface area contributed by atoms with Gasteiger partial charge in [-0.05, 0) is 68.7 Å². The lowest BCUT2D eigenvalue weighted by Crippen LogP contribution is -2.43. The van der Waals surface area contributed by atoms with Gasteiger partial charge in [0.15, 0.2) is 0 Å². The molecule has 1 atom stereocenters. The highest BCUT2D eigenvalue weighted by molar-refractivity contribution is 7.89. The van der Waals surface area contributed by atoms with Crippen LogP contribution in [-0.2, 0) is 19.6 Å². The smallest absolute Gasteiger partial charge is 0.338 e. The van der Waals surface area contributed by atoms with E-state index in [0.29, 0.717) is 30.6 Å². The van der Waals surface area contributed by atoms with Crippen LogP contribution in [0.3, 0.4) is 0 Å². The molecule has 2 aromatic carbocycles. The summed E-state index contributed by atoms with van der Waals surface area (Å²) >= 11 is 0. The molecule has 0 radical (unpaired) electrons. The Labute approximate surface area is 181 Å². The van der Waals surface area contributed by atoms with Crippen LogP contribution in [0.15, 0.2) is 47.4 Å². The van der Waals surface area contributed by atoms with Gasteiger partial charge in [-0.3, -0.25) is 4.79 Å². The number of nitrogens with one attached hydrogen (secondary N) is 1. The van der Waals surface area contributed by atoms with Gasteiger partial charge in [0, 0.05) is 18.8 Å². The number of hydrogen-bond donors (Lipinski definition) is 1. The second kappa shape index (κ2) is 9.57. The molecule has 31 heavy (non-hydrogen) atoms. The van der Waals surface area contributed by atoms with Crippen molar-refractivity contribution in [3.8, 4) is 0 Å². The summed E-state index contributed by atoms with van der Waals surface area (Å²) in [4.78, 5) is 24.8. The normalized spacial score (nSPS) is 17.2. The van der Waals surface area contributed by atoms with Crippen molar-refractivity contribution in [1.82, 2.24) is 4.31 Å². The van der Waals surface area contributed by atoms with Gasteiger partial charge in [0.25, 0.3) is 0 Å². The second-order valence-electron chi connectivity index (χ2n) is 7.40. The molecule has 0 saturated carbocycles. The summed E-state index contributed by atoms with van der Waals surface area (Å²) in [6.07, 6.45) is 1.07. The number of anilines is 1. The molecule has 1 unspecified atom stereocenters. The van der Waals surface area contributed by atoms with Crippen molar-refractivity contribution in [2.75, 3.05) is 25.0 Å². The first-order valence-corrected chi connectivity index (χ1v) is 11.5. The maximum Gasteiger partial charge on any atom is 0.338 e. The lowest BCUT2D eigenvalue weighted by Gasteiger charge is -2.31. The largest absolute Gasteiger partial charge is 0.462 e. The molecule has 9 heteroatoms. The summed E-state index contributed by atoms with van der Waals surface area (Å²) in [6, 6.07) is 9.54. The van der Waals surface area contributed by atoms with Crippen molar-refractivity contribution in [2.24, 2.45) is 5.92 Å². The van der Waals surface area contributed by atoms with E-state index in [9.17, 15) is 22.4 Å². The summed E-state index contributed by atoms with van der Waals surface area (Å²) in [5.74, 6) is -1.86. The maximum absolute atomic E-state index is 13.2. The van der Waals surface area contributed by atoms with Crippen molar-refractivity contribution in [3.05, 3.63) is 59.4 Å². The molecule has 1 aliphatic rings. The Bertz CT molecular complexity index is 1070. The van der Waals surface area contributed by atoms with Gasteiger partial charge in [0.1, 0.15) is 5.82 Å². The first-order valence-electron chi connectivity index (χ1n) is 10.1. The van der Waals surface area contributed by atoms with Crippen molar-refractivity contribution in [2.45, 2.75) is 31.6 Å². The van der Waals surface area contributed by atoms with E-state index in [1.165, 1.54) is 16.4 Å². The fourth-order valence-corrected chi connectivity index (χ4v) is 4.99. The summed E-state index contributed by atoms with van der Waals surface area (Å²) in [7, 11) is -3.83. The van der Waals surface area contributed by atoms with Crippen molar-refractivity contribution >= 4 is 27.6 Å². The number of amides is 1. The number of benzene rings is 2. The highest BCUT2D eigenvalue weighted by Gasteiger charge is 2.33. The average molecular weight is 449 g/mol. The number of aryl methyl sites for hydroxylation is 1. The minimum absolute atomic E-state index is 0.00654. The highest BCUT2D eigenvalue weighted by Crippen LogP contribution is 2.26. The van der Waals surface area contributed by atoms with E-state index >= 15 is 0 Å². The molecule has 3 rings (SSSR count). The summed E-state index contributed by atoms with van der Waals surface area (Å²) < 4.78 is 45.2. The van der Waals surface area contributed by atoms with Crippen LogP contribution >= 0.6 is 0 Å². The number of carbonyl (C=O) groups is 2. The lowest BCUT2D eigenvalue weighted by atomic mass is 9.98. The molecule has 0 aliphatic carbocycles. The van der Waals surface area contributed by atoms with Crippen LogP contribution < -0.4 is 5.32 Å². The third-order valence-electron chi connectivity index (χ3n) is 5.21. The van der Waals surface area contributed by atoms with Crippen LogP contribution in [0.1, 0.15) is 35.7 Å². The number of carbonyl (C=O) groups excluding carboxylic acids is 2. The van der Waals surface area contributed by atoms with E-state index in [0.717, 1.165) is 17.7 Å². The average Bonchev–Trinajstić information content (AvgIpc) is 2.75. The molecule has 1 amide bonds. The predicted octanol–water partition coefficient (Wildman–Crippen LogP) is 3.35. The van der Waals surface area contributed by atoms with E-state index in [4.69, 9.17) is 4.74 Å². The zero-order valence-electron chi connectivity index (χ0n) is 17.4. The van der Waals surface area contributed by atoms with Crippen molar-refractivity contribution < 1.29 is 27.1 Å². The maximum atomic E-state index is 13.2. The van der Waals surface area contributed by atoms with Gasteiger partial charge in [0.2, 0.25) is 15.9 Å². The topological polar surface area (TPSA) is 92.8 Å². The van der Waals surface area contributed by atoms with Crippen LogP contribution in [0.5, 0.6) is 0 Å². The zero-order valence-corrected chi connectivity index (χ0v) is 18.2. The Morgan fingerprint density at radius 2 is 1.90 bits per heavy atom. The van der Waals surface area contributed by atoms with Crippen LogP contribution in [-0.4, -0.2) is 44.3 Å². The molecule has 1 fully saturated rings. The van der Waals surface area contributed by atoms with Gasteiger partial charge in [-0.2, -0.15) is 4.31 Å². The fraction of sp³-hybridized carbons (Fsp3) is 0.364. The van der Waals surface area contributed by atoms with Gasteiger partial charge in [-0.25, -0.2) is 17.6 Å². The molecule has 1 aliphatic heterocycles. The molecule has 166 valence electrons. The number of piperidine rings is 1. The van der Waals surface area contributed by atoms with Crippen LogP contribution in [0.25, 0.3) is 0 Å². The van der Waals surface area contributed by atoms with Crippen LogP contribution in [0.2, 0.25) is 0 Å². The van der Waals surface area contributed by atoms with Gasteiger partial charge < -0.3 is 10.1 Å². The number of sulfonamides is 1. The monoisotopic (exact) mass is 448 g/mol. The number of ether oxygens (including phenoxy) is 1. The van der Waals surface area contributed by atoms with E-state index in [1.54, 1.807) is 32.0 Å². The van der Waals surface area contributed by atoms with Gasteiger partial charge >= 0.3 is 5.97 Å². The number of esters is 1. The molecule has 1 heterocycles.